The molecule has 0 aromatic heterocycles. The van der Waals surface area contributed by atoms with Crippen molar-refractivity contribution in [1.82, 2.24) is 0 Å². The Kier molecular flexibility index (Phi) is 13.6. The van der Waals surface area contributed by atoms with E-state index in [-0.39, 0.29) is 27.6 Å². The van der Waals surface area contributed by atoms with Gasteiger partial charge in [-0.05, 0) is 158 Å². The minimum absolute atomic E-state index is 0.00764. The highest BCUT2D eigenvalue weighted by Gasteiger charge is 2.49. The lowest BCUT2D eigenvalue weighted by Crippen LogP contribution is -2.37. The lowest BCUT2D eigenvalue weighted by molar-refractivity contribution is 0.349. The summed E-state index contributed by atoms with van der Waals surface area (Å²) in [4.78, 5) is 2.55. The van der Waals surface area contributed by atoms with Crippen molar-refractivity contribution >= 4 is 43.6 Å². The fraction of sp³-hybridized carbons (Fsp3) is 0.316. The Labute approximate surface area is 494 Å². The molecule has 0 N–H and O–H groups in total. The van der Waals surface area contributed by atoms with E-state index in [1.54, 1.807) is 22.3 Å². The maximum absolute atomic E-state index is 2.76. The van der Waals surface area contributed by atoms with Gasteiger partial charge in [-0.3, -0.25) is 0 Å². The number of rotatable bonds is 12. The Bertz CT molecular complexity index is 3530. The van der Waals surface area contributed by atoms with Crippen molar-refractivity contribution in [2.75, 3.05) is 4.90 Å². The standard InChI is InChI=1S/C79H85NSi2/c1-76(2,58-23-15-11-16-24-58)60-32-27-55(28-33-60)75(56-29-41-65(42-30-56)81(5,6)7)57-31-45-67-69-53-74-70(54-73(69)78(71(67)51-57)47-19-13-20-48-78)68-46-40-64(52-72(68)79(74)49-21-14-22-50-79)80(63-38-43-66(44-39-63)82(8,9)10)62-36-34-61(35-37-62)77(3,4)59-25-17-12-18-26-59/h11-12,15-18,23-46,51-54,75H,13-14,19-22,47-50H2,1-10H3. The van der Waals surface area contributed by atoms with E-state index in [1.165, 1.54) is 153 Å². The SMILES string of the molecule is CC(C)(c1ccccc1)c1ccc(C(c2ccc([Si](C)(C)C)cc2)c2ccc3c(c2)C2(CCCCC2)c2cc4c(cc2-3)C2(CCCCC2)c2cc(N(c3ccc(C(C)(C)c5ccccc5)cc3)c3ccc([Si](C)(C)C)cc3)ccc2-4)cc1. The monoisotopic (exact) mass is 1100 g/mol. The molecule has 9 aromatic carbocycles. The van der Waals surface area contributed by atoms with Crippen LogP contribution in [0, 0.1) is 0 Å². The summed E-state index contributed by atoms with van der Waals surface area (Å²) in [5, 5.41) is 3.00. The number of hydrogen-bond donors (Lipinski definition) is 0. The Balaban J connectivity index is 0.923. The van der Waals surface area contributed by atoms with Gasteiger partial charge < -0.3 is 4.90 Å². The molecule has 0 heterocycles. The van der Waals surface area contributed by atoms with Crippen molar-refractivity contribution in [3.8, 4) is 22.3 Å². The van der Waals surface area contributed by atoms with E-state index >= 15 is 0 Å². The second-order valence-corrected chi connectivity index (χ2v) is 38.5. The molecular formula is C79H85NSi2. The van der Waals surface area contributed by atoms with Gasteiger partial charge in [0, 0.05) is 44.6 Å². The Morgan fingerprint density at radius 2 is 0.671 bits per heavy atom. The first-order valence-electron chi connectivity index (χ1n) is 31.2. The van der Waals surface area contributed by atoms with Crippen LogP contribution in [0.1, 0.15) is 159 Å². The van der Waals surface area contributed by atoms with Crippen LogP contribution < -0.4 is 15.3 Å². The van der Waals surface area contributed by atoms with Crippen molar-refractivity contribution in [2.24, 2.45) is 0 Å². The van der Waals surface area contributed by atoms with E-state index in [0.29, 0.717) is 0 Å². The maximum Gasteiger partial charge on any atom is 0.0775 e. The van der Waals surface area contributed by atoms with Crippen LogP contribution in [0.2, 0.25) is 39.3 Å². The molecule has 0 radical (unpaired) electrons. The fourth-order valence-corrected chi connectivity index (χ4v) is 18.0. The van der Waals surface area contributed by atoms with E-state index in [4.69, 9.17) is 0 Å². The molecule has 9 aromatic rings. The highest BCUT2D eigenvalue weighted by atomic mass is 28.3. The third-order valence-corrected chi connectivity index (χ3v) is 24.9. The van der Waals surface area contributed by atoms with E-state index in [2.05, 4.69) is 278 Å². The highest BCUT2D eigenvalue weighted by Crippen LogP contribution is 2.63. The average Bonchev–Trinajstić information content (AvgIpc) is 1.89. The quantitative estimate of drug-likeness (QED) is 0.0870. The minimum Gasteiger partial charge on any atom is -0.310 e. The molecule has 1 atom stereocenters. The third kappa shape index (κ3) is 9.25. The predicted octanol–water partition coefficient (Wildman–Crippen LogP) is 20.5. The molecule has 414 valence electrons. The third-order valence-electron chi connectivity index (χ3n) is 20.8. The summed E-state index contributed by atoms with van der Waals surface area (Å²) < 4.78 is 0. The molecule has 0 amide bonds. The number of hydrogen-bond acceptors (Lipinski definition) is 1. The van der Waals surface area contributed by atoms with Gasteiger partial charge in [-0.1, -0.05) is 274 Å². The molecule has 1 unspecified atom stereocenters. The molecule has 13 rings (SSSR count). The smallest absolute Gasteiger partial charge is 0.0775 e. The van der Waals surface area contributed by atoms with E-state index in [9.17, 15) is 0 Å². The van der Waals surface area contributed by atoms with Gasteiger partial charge in [0.2, 0.25) is 0 Å². The molecule has 0 saturated heterocycles. The zero-order valence-corrected chi connectivity index (χ0v) is 52.7. The minimum atomic E-state index is -1.51. The van der Waals surface area contributed by atoms with E-state index in [1.807, 2.05) is 0 Å². The van der Waals surface area contributed by atoms with Crippen molar-refractivity contribution in [2.45, 2.75) is 159 Å². The van der Waals surface area contributed by atoms with Crippen LogP contribution >= 0.6 is 0 Å². The molecular weight excluding hydrogens is 1020 g/mol. The lowest BCUT2D eigenvalue weighted by Gasteiger charge is -2.38. The highest BCUT2D eigenvalue weighted by molar-refractivity contribution is 6.89. The summed E-state index contributed by atoms with van der Waals surface area (Å²) in [6, 6.07) is 81.6. The van der Waals surface area contributed by atoms with Gasteiger partial charge >= 0.3 is 0 Å². The molecule has 82 heavy (non-hydrogen) atoms. The average molecular weight is 1100 g/mol. The van der Waals surface area contributed by atoms with Crippen LogP contribution in [0.15, 0.2) is 206 Å². The van der Waals surface area contributed by atoms with Gasteiger partial charge in [0.25, 0.3) is 0 Å². The molecule has 3 heteroatoms. The molecule has 4 aliphatic carbocycles. The number of nitrogens with zero attached hydrogens (tertiary/aromatic N) is 1. The van der Waals surface area contributed by atoms with Crippen LogP contribution in [-0.4, -0.2) is 16.1 Å². The van der Waals surface area contributed by atoms with Gasteiger partial charge in [0.05, 0.1) is 16.1 Å². The van der Waals surface area contributed by atoms with Gasteiger partial charge in [-0.25, -0.2) is 0 Å². The molecule has 2 saturated carbocycles. The maximum atomic E-state index is 2.76. The Hall–Kier alpha value is -6.79. The van der Waals surface area contributed by atoms with Gasteiger partial charge in [-0.2, -0.15) is 0 Å². The van der Waals surface area contributed by atoms with Crippen LogP contribution in [0.5, 0.6) is 0 Å². The lowest BCUT2D eigenvalue weighted by atomic mass is 9.66. The van der Waals surface area contributed by atoms with Crippen LogP contribution in [0.4, 0.5) is 17.1 Å². The number of anilines is 3. The van der Waals surface area contributed by atoms with Crippen molar-refractivity contribution in [3.63, 3.8) is 0 Å². The summed E-state index contributed by atoms with van der Waals surface area (Å²) in [5.74, 6) is 0.118. The van der Waals surface area contributed by atoms with Gasteiger partial charge in [-0.15, -0.1) is 0 Å². The summed E-state index contributed by atoms with van der Waals surface area (Å²) in [7, 11) is -3.00. The molecule has 0 aliphatic heterocycles. The van der Waals surface area contributed by atoms with Crippen molar-refractivity contribution in [3.05, 3.63) is 267 Å². The second-order valence-electron chi connectivity index (χ2n) is 28.4. The molecule has 4 aliphatic rings. The Morgan fingerprint density at radius 3 is 1.12 bits per heavy atom. The molecule has 2 fully saturated rings. The zero-order valence-electron chi connectivity index (χ0n) is 50.7. The van der Waals surface area contributed by atoms with Crippen molar-refractivity contribution in [1.29, 1.82) is 0 Å². The van der Waals surface area contributed by atoms with Crippen molar-refractivity contribution < 1.29 is 0 Å². The largest absolute Gasteiger partial charge is 0.310 e. The molecule has 1 nitrogen and oxygen atoms in total. The Morgan fingerprint density at radius 1 is 0.329 bits per heavy atom. The normalized spacial score (nSPS) is 16.6. The van der Waals surface area contributed by atoms with E-state index in [0.717, 1.165) is 0 Å². The summed E-state index contributed by atoms with van der Waals surface area (Å²) >= 11 is 0. The van der Waals surface area contributed by atoms with Crippen LogP contribution in [-0.2, 0) is 21.7 Å². The zero-order chi connectivity index (χ0) is 56.8. The van der Waals surface area contributed by atoms with Gasteiger partial charge in [0.1, 0.15) is 0 Å². The first kappa shape index (κ1) is 54.5. The first-order valence-corrected chi connectivity index (χ1v) is 38.2. The number of fused-ring (bicyclic) bond motifs is 10. The molecule has 2 spiro atoms. The summed E-state index contributed by atoms with van der Waals surface area (Å²) in [6.07, 6.45) is 12.5. The second kappa shape index (κ2) is 20.5. The first-order chi connectivity index (χ1) is 39.4. The van der Waals surface area contributed by atoms with Crippen LogP contribution in [0.25, 0.3) is 22.3 Å². The fourth-order valence-electron chi connectivity index (χ4n) is 15.7. The predicted molar refractivity (Wildman–Crippen MR) is 357 cm³/mol. The number of benzene rings is 9. The summed E-state index contributed by atoms with van der Waals surface area (Å²) in [5.41, 5.74) is 25.2. The molecule has 0 bridgehead atoms. The van der Waals surface area contributed by atoms with Crippen LogP contribution in [0.3, 0.4) is 0 Å². The van der Waals surface area contributed by atoms with E-state index < -0.39 is 16.1 Å². The summed E-state index contributed by atoms with van der Waals surface area (Å²) in [6.45, 7) is 24.2. The topological polar surface area (TPSA) is 3.24 Å². The van der Waals surface area contributed by atoms with Gasteiger partial charge in [0.15, 0.2) is 0 Å².